The molecule has 1 aromatic heterocycles. The van der Waals surface area contributed by atoms with Gasteiger partial charge in [0.15, 0.2) is 0 Å². The van der Waals surface area contributed by atoms with Crippen LogP contribution in [0.25, 0.3) is 16.5 Å². The minimum atomic E-state index is 0.958. The third-order valence-corrected chi connectivity index (χ3v) is 4.28. The number of hydrogen-bond acceptors (Lipinski definition) is 1. The summed E-state index contributed by atoms with van der Waals surface area (Å²) in [7, 11) is 0. The topological polar surface area (TPSA) is 17.3 Å². The molecular weight excluding hydrogens is 292 g/mol. The first-order valence-corrected chi connectivity index (χ1v) is 8.09. The second kappa shape index (κ2) is 6.17. The molecule has 0 aliphatic rings. The van der Waals surface area contributed by atoms with Crippen LogP contribution in [-0.4, -0.2) is 10.8 Å². The molecule has 1 heterocycles. The summed E-state index contributed by atoms with van der Waals surface area (Å²) in [5.74, 6) is 0. The number of hydrogen-bond donors (Lipinski definition) is 0. The van der Waals surface area contributed by atoms with Gasteiger partial charge in [0.05, 0.1) is 17.6 Å². The highest BCUT2D eigenvalue weighted by atomic mass is 15.0. The van der Waals surface area contributed by atoms with Crippen LogP contribution in [0.4, 0.5) is 5.69 Å². The SMILES string of the molecule is Cc1c2ccccc2c(C=Nc2ccccc2)n1-c1ccccc1. The van der Waals surface area contributed by atoms with Crippen LogP contribution < -0.4 is 0 Å². The van der Waals surface area contributed by atoms with Crippen molar-refractivity contribution in [2.75, 3.05) is 0 Å². The molecule has 2 nitrogen and oxygen atoms in total. The number of rotatable bonds is 3. The molecule has 0 N–H and O–H groups in total. The van der Waals surface area contributed by atoms with Gasteiger partial charge in [-0.05, 0) is 31.2 Å². The second-order valence-corrected chi connectivity index (χ2v) is 5.78. The van der Waals surface area contributed by atoms with Crippen molar-refractivity contribution in [3.8, 4) is 5.69 Å². The van der Waals surface area contributed by atoms with Gasteiger partial charge in [-0.2, -0.15) is 0 Å². The van der Waals surface area contributed by atoms with E-state index in [0.717, 1.165) is 17.1 Å². The van der Waals surface area contributed by atoms with Crippen LogP contribution in [-0.2, 0) is 0 Å². The average Bonchev–Trinajstić information content (AvgIpc) is 2.94. The molecule has 0 atom stereocenters. The summed E-state index contributed by atoms with van der Waals surface area (Å²) in [6.45, 7) is 2.16. The van der Waals surface area contributed by atoms with Crippen molar-refractivity contribution in [1.29, 1.82) is 0 Å². The molecule has 4 rings (SSSR count). The molecule has 3 aromatic carbocycles. The van der Waals surface area contributed by atoms with Gasteiger partial charge in [0.1, 0.15) is 0 Å². The van der Waals surface area contributed by atoms with E-state index < -0.39 is 0 Å². The van der Waals surface area contributed by atoms with Crippen LogP contribution in [0, 0.1) is 6.92 Å². The average molecular weight is 310 g/mol. The van der Waals surface area contributed by atoms with Gasteiger partial charge in [-0.15, -0.1) is 0 Å². The van der Waals surface area contributed by atoms with Crippen molar-refractivity contribution >= 4 is 22.7 Å². The highest BCUT2D eigenvalue weighted by Crippen LogP contribution is 2.28. The molecule has 0 spiro atoms. The molecule has 0 amide bonds. The van der Waals surface area contributed by atoms with Crippen LogP contribution in [0.2, 0.25) is 0 Å². The summed E-state index contributed by atoms with van der Waals surface area (Å²) in [6, 6.07) is 29.0. The fraction of sp³-hybridized carbons (Fsp3) is 0.0455. The van der Waals surface area contributed by atoms with Gasteiger partial charge in [0, 0.05) is 22.2 Å². The lowest BCUT2D eigenvalue weighted by molar-refractivity contribution is 1.01. The van der Waals surface area contributed by atoms with E-state index in [1.807, 2.05) is 42.6 Å². The maximum Gasteiger partial charge on any atom is 0.0720 e. The van der Waals surface area contributed by atoms with Crippen LogP contribution in [0.3, 0.4) is 0 Å². The number of nitrogens with zero attached hydrogens (tertiary/aromatic N) is 2. The quantitative estimate of drug-likeness (QED) is 0.433. The summed E-state index contributed by atoms with van der Waals surface area (Å²) >= 11 is 0. The van der Waals surface area contributed by atoms with Gasteiger partial charge < -0.3 is 4.57 Å². The monoisotopic (exact) mass is 310 g/mol. The Morgan fingerprint density at radius 1 is 0.708 bits per heavy atom. The first-order chi connectivity index (χ1) is 11.8. The van der Waals surface area contributed by atoms with Crippen molar-refractivity contribution in [1.82, 2.24) is 4.57 Å². The van der Waals surface area contributed by atoms with Crippen molar-refractivity contribution in [2.24, 2.45) is 4.99 Å². The Morgan fingerprint density at radius 2 is 1.29 bits per heavy atom. The van der Waals surface area contributed by atoms with Crippen molar-refractivity contribution in [3.05, 3.63) is 96.3 Å². The van der Waals surface area contributed by atoms with Gasteiger partial charge in [0.25, 0.3) is 0 Å². The standard InChI is InChI=1S/C22H18N2/c1-17-20-14-8-9-15-21(20)22(16-23-18-10-4-2-5-11-18)24(17)19-12-6-3-7-13-19/h2-16H,1H3. The Kier molecular flexibility index (Phi) is 3.72. The molecule has 4 aromatic rings. The molecule has 0 fully saturated rings. The number of fused-ring (bicyclic) bond motifs is 1. The minimum Gasteiger partial charge on any atom is -0.312 e. The number of aromatic nitrogens is 1. The predicted octanol–water partition coefficient (Wildman–Crippen LogP) is 5.69. The summed E-state index contributed by atoms with van der Waals surface area (Å²) in [5.41, 5.74) is 4.45. The summed E-state index contributed by atoms with van der Waals surface area (Å²) in [6.07, 6.45) is 1.97. The Morgan fingerprint density at radius 3 is 2.00 bits per heavy atom. The smallest absolute Gasteiger partial charge is 0.0720 e. The lowest BCUT2D eigenvalue weighted by Crippen LogP contribution is -2.01. The number of aliphatic imine (C=N–C) groups is 1. The molecule has 0 radical (unpaired) electrons. The Bertz CT molecular complexity index is 996. The fourth-order valence-corrected chi connectivity index (χ4v) is 3.13. The van der Waals surface area contributed by atoms with Crippen molar-refractivity contribution < 1.29 is 0 Å². The van der Waals surface area contributed by atoms with Gasteiger partial charge in [0.2, 0.25) is 0 Å². The molecule has 0 aliphatic carbocycles. The number of aryl methyl sites for hydroxylation is 1. The molecule has 0 saturated heterocycles. The molecule has 0 aliphatic heterocycles. The van der Waals surface area contributed by atoms with E-state index in [-0.39, 0.29) is 0 Å². The molecule has 0 bridgehead atoms. The zero-order chi connectivity index (χ0) is 16.4. The summed E-state index contributed by atoms with van der Waals surface area (Å²) < 4.78 is 2.27. The van der Waals surface area contributed by atoms with Crippen LogP contribution >= 0.6 is 0 Å². The first-order valence-electron chi connectivity index (χ1n) is 8.09. The second-order valence-electron chi connectivity index (χ2n) is 5.78. The lowest BCUT2D eigenvalue weighted by atomic mass is 10.1. The molecule has 116 valence electrons. The molecule has 2 heteroatoms. The largest absolute Gasteiger partial charge is 0.312 e. The Hall–Kier alpha value is -3.13. The molecular formula is C22H18N2. The highest BCUT2D eigenvalue weighted by molar-refractivity contribution is 6.02. The van der Waals surface area contributed by atoms with Gasteiger partial charge in [-0.1, -0.05) is 60.7 Å². The van der Waals surface area contributed by atoms with E-state index >= 15 is 0 Å². The zero-order valence-electron chi connectivity index (χ0n) is 13.6. The van der Waals surface area contributed by atoms with E-state index in [9.17, 15) is 0 Å². The van der Waals surface area contributed by atoms with Crippen molar-refractivity contribution in [3.63, 3.8) is 0 Å². The fourth-order valence-electron chi connectivity index (χ4n) is 3.13. The normalized spacial score (nSPS) is 11.4. The lowest BCUT2D eigenvalue weighted by Gasteiger charge is -2.09. The third kappa shape index (κ3) is 2.52. The third-order valence-electron chi connectivity index (χ3n) is 4.28. The molecule has 0 unspecified atom stereocenters. The molecule has 0 saturated carbocycles. The highest BCUT2D eigenvalue weighted by Gasteiger charge is 2.13. The first kappa shape index (κ1) is 14.5. The maximum absolute atomic E-state index is 4.68. The van der Waals surface area contributed by atoms with E-state index in [4.69, 9.17) is 0 Å². The van der Waals surface area contributed by atoms with E-state index in [1.54, 1.807) is 0 Å². The predicted molar refractivity (Wildman–Crippen MR) is 102 cm³/mol. The van der Waals surface area contributed by atoms with E-state index in [0.29, 0.717) is 0 Å². The summed E-state index contributed by atoms with van der Waals surface area (Å²) in [5, 5.41) is 2.48. The van der Waals surface area contributed by atoms with Crippen LogP contribution in [0.5, 0.6) is 0 Å². The van der Waals surface area contributed by atoms with Gasteiger partial charge >= 0.3 is 0 Å². The van der Waals surface area contributed by atoms with Crippen LogP contribution in [0.1, 0.15) is 11.4 Å². The van der Waals surface area contributed by atoms with E-state index in [2.05, 4.69) is 65.0 Å². The van der Waals surface area contributed by atoms with Crippen molar-refractivity contribution in [2.45, 2.75) is 6.92 Å². The Balaban J connectivity index is 1.94. The zero-order valence-corrected chi connectivity index (χ0v) is 13.6. The minimum absolute atomic E-state index is 0.958. The number of benzene rings is 3. The Labute approximate surface area is 141 Å². The van der Waals surface area contributed by atoms with E-state index in [1.165, 1.54) is 16.5 Å². The molecule has 24 heavy (non-hydrogen) atoms. The summed E-state index contributed by atoms with van der Waals surface area (Å²) in [4.78, 5) is 4.68. The van der Waals surface area contributed by atoms with Gasteiger partial charge in [-0.25, -0.2) is 0 Å². The number of para-hydroxylation sites is 2. The maximum atomic E-state index is 4.68. The van der Waals surface area contributed by atoms with Crippen LogP contribution in [0.15, 0.2) is 89.9 Å². The van der Waals surface area contributed by atoms with Gasteiger partial charge in [-0.3, -0.25) is 4.99 Å².